The number of dihydropyridines is 1. The molecule has 0 amide bonds. The maximum atomic E-state index is 10.5. The van der Waals surface area contributed by atoms with Gasteiger partial charge in [0.2, 0.25) is 0 Å². The van der Waals surface area contributed by atoms with Gasteiger partial charge < -0.3 is 24.7 Å². The van der Waals surface area contributed by atoms with Crippen LogP contribution in [-0.4, -0.2) is 44.5 Å². The fourth-order valence-electron chi connectivity index (χ4n) is 2.66. The molecule has 1 heterocycles. The van der Waals surface area contributed by atoms with E-state index in [9.17, 15) is 10.2 Å². The van der Waals surface area contributed by atoms with Gasteiger partial charge in [-0.1, -0.05) is 57.5 Å². The number of rotatable bonds is 7. The average Bonchev–Trinajstić information content (AvgIpc) is 2.53. The molecular formula is C19H36BrNO4Si. The molecule has 1 aliphatic rings. The summed E-state index contributed by atoms with van der Waals surface area (Å²) in [6.07, 6.45) is 0.528. The Hall–Kier alpha value is -0.343. The van der Waals surface area contributed by atoms with Crippen molar-refractivity contribution in [1.29, 1.82) is 0 Å². The summed E-state index contributed by atoms with van der Waals surface area (Å²) in [4.78, 5) is 0. The molecule has 0 aromatic rings. The zero-order valence-corrected chi connectivity index (χ0v) is 20.2. The molecule has 0 bridgehead atoms. The fourth-order valence-corrected chi connectivity index (χ4v) is 4.34. The summed E-state index contributed by atoms with van der Waals surface area (Å²) in [5, 5.41) is 23.5. The minimum absolute atomic E-state index is 0.00992. The van der Waals surface area contributed by atoms with E-state index in [1.165, 1.54) is 0 Å². The van der Waals surface area contributed by atoms with Crippen LogP contribution < -0.4 is 5.32 Å². The van der Waals surface area contributed by atoms with Gasteiger partial charge in [0.1, 0.15) is 5.76 Å². The third kappa shape index (κ3) is 4.73. The van der Waals surface area contributed by atoms with E-state index in [1.807, 2.05) is 20.0 Å². The molecule has 3 unspecified atom stereocenters. The summed E-state index contributed by atoms with van der Waals surface area (Å²) >= 11 is 3.56. The molecule has 3 N–H and O–H groups in total. The molecule has 0 radical (unpaired) electrons. The van der Waals surface area contributed by atoms with Gasteiger partial charge in [-0.3, -0.25) is 0 Å². The summed E-state index contributed by atoms with van der Waals surface area (Å²) in [7, 11) is -0.506. The predicted octanol–water partition coefficient (Wildman–Crippen LogP) is 4.09. The lowest BCUT2D eigenvalue weighted by Crippen LogP contribution is -2.54. The number of ether oxygens (including phenoxy) is 1. The Kier molecular flexibility index (Phi) is 7.61. The van der Waals surface area contributed by atoms with E-state index in [2.05, 4.69) is 62.0 Å². The van der Waals surface area contributed by atoms with Crippen LogP contribution in [0.15, 0.2) is 22.1 Å². The van der Waals surface area contributed by atoms with Gasteiger partial charge in [-0.2, -0.15) is 0 Å². The first-order valence-electron chi connectivity index (χ1n) is 9.07. The van der Waals surface area contributed by atoms with Crippen molar-refractivity contribution < 1.29 is 19.4 Å². The Morgan fingerprint density at radius 1 is 1.27 bits per heavy atom. The number of aliphatic hydroxyl groups is 2. The maximum absolute atomic E-state index is 10.5. The first kappa shape index (κ1) is 23.7. The van der Waals surface area contributed by atoms with Crippen LogP contribution in [0.25, 0.3) is 0 Å². The van der Waals surface area contributed by atoms with Gasteiger partial charge in [0.15, 0.2) is 8.32 Å². The number of aliphatic hydroxyl groups excluding tert-OH is 2. The number of allylic oxidation sites excluding steroid dienone is 1. The molecule has 26 heavy (non-hydrogen) atoms. The van der Waals surface area contributed by atoms with Crippen molar-refractivity contribution in [2.24, 2.45) is 11.3 Å². The SMILES string of the molecule is COC1=C(C(O[Si](C)(C)C(C)(C)C)C(C)(C)C(O)CO)NC=C(Br)C1C. The summed E-state index contributed by atoms with van der Waals surface area (Å²) in [5.74, 6) is 0.824. The molecule has 152 valence electrons. The van der Waals surface area contributed by atoms with E-state index < -0.39 is 25.9 Å². The smallest absolute Gasteiger partial charge is 0.193 e. The standard InChI is InChI=1S/C19H36BrNO4Si/c1-12-13(20)10-21-15(16(12)24-7)17(19(5,6)14(23)11-22)25-26(8,9)18(2,3)4/h10,12,14,17,21-23H,11H2,1-9H3. The quantitative estimate of drug-likeness (QED) is 0.510. The van der Waals surface area contributed by atoms with Crippen LogP contribution in [0.2, 0.25) is 18.1 Å². The van der Waals surface area contributed by atoms with Gasteiger partial charge >= 0.3 is 0 Å². The van der Waals surface area contributed by atoms with Gasteiger partial charge in [-0.15, -0.1) is 0 Å². The first-order valence-corrected chi connectivity index (χ1v) is 12.8. The van der Waals surface area contributed by atoms with Gasteiger partial charge in [-0.25, -0.2) is 0 Å². The Bertz CT molecular complexity index is 566. The minimum Gasteiger partial charge on any atom is -0.499 e. The zero-order chi connectivity index (χ0) is 20.5. The second-order valence-corrected chi connectivity index (χ2v) is 14.8. The van der Waals surface area contributed by atoms with Gasteiger partial charge in [0.05, 0.1) is 31.6 Å². The van der Waals surface area contributed by atoms with Gasteiger partial charge in [-0.05, 0) is 18.1 Å². The summed E-state index contributed by atoms with van der Waals surface area (Å²) in [6, 6.07) is 0. The number of nitrogens with one attached hydrogen (secondary N) is 1. The highest BCUT2D eigenvalue weighted by Crippen LogP contribution is 2.44. The minimum atomic E-state index is -2.16. The lowest BCUT2D eigenvalue weighted by molar-refractivity contribution is -0.0538. The predicted molar refractivity (Wildman–Crippen MR) is 112 cm³/mol. The van der Waals surface area contributed by atoms with E-state index in [0.29, 0.717) is 0 Å². The van der Waals surface area contributed by atoms with Crippen LogP contribution in [0.5, 0.6) is 0 Å². The largest absolute Gasteiger partial charge is 0.499 e. The van der Waals surface area contributed by atoms with Crippen LogP contribution >= 0.6 is 15.9 Å². The molecule has 0 aliphatic carbocycles. The zero-order valence-electron chi connectivity index (χ0n) is 17.6. The van der Waals surface area contributed by atoms with Crippen LogP contribution in [-0.2, 0) is 9.16 Å². The summed E-state index contributed by atoms with van der Waals surface area (Å²) in [5.41, 5.74) is 0.0961. The molecule has 7 heteroatoms. The van der Waals surface area contributed by atoms with Crippen LogP contribution in [0.1, 0.15) is 41.5 Å². The number of hydrogen-bond donors (Lipinski definition) is 3. The molecule has 0 spiro atoms. The molecule has 1 aliphatic heterocycles. The maximum Gasteiger partial charge on any atom is 0.193 e. The van der Waals surface area contributed by atoms with Crippen molar-refractivity contribution in [2.75, 3.05) is 13.7 Å². The van der Waals surface area contributed by atoms with Gasteiger partial charge in [0, 0.05) is 22.0 Å². The second kappa shape index (κ2) is 8.35. The topological polar surface area (TPSA) is 71.0 Å². The van der Waals surface area contributed by atoms with E-state index in [1.54, 1.807) is 7.11 Å². The molecular weight excluding hydrogens is 414 g/mol. The molecule has 0 fully saturated rings. The molecule has 0 saturated heterocycles. The van der Waals surface area contributed by atoms with Crippen LogP contribution in [0.3, 0.4) is 0 Å². The molecule has 0 aromatic heterocycles. The van der Waals surface area contributed by atoms with E-state index in [0.717, 1.165) is 15.9 Å². The molecule has 1 rings (SSSR count). The highest BCUT2D eigenvalue weighted by Gasteiger charge is 2.48. The molecule has 0 saturated carbocycles. The van der Waals surface area contributed by atoms with E-state index in [4.69, 9.17) is 9.16 Å². The average molecular weight is 450 g/mol. The Balaban J connectivity index is 3.49. The summed E-state index contributed by atoms with van der Waals surface area (Å²) in [6.45, 7) is 16.5. The van der Waals surface area contributed by atoms with Crippen molar-refractivity contribution in [3.8, 4) is 0 Å². The molecule has 0 aromatic carbocycles. The third-order valence-corrected chi connectivity index (χ3v) is 11.2. The van der Waals surface area contributed by atoms with Crippen LogP contribution in [0, 0.1) is 11.3 Å². The van der Waals surface area contributed by atoms with Crippen molar-refractivity contribution in [3.05, 3.63) is 22.1 Å². The van der Waals surface area contributed by atoms with Crippen molar-refractivity contribution in [2.45, 2.75) is 71.9 Å². The molecule has 3 atom stereocenters. The Morgan fingerprint density at radius 3 is 2.23 bits per heavy atom. The van der Waals surface area contributed by atoms with E-state index >= 15 is 0 Å². The fraction of sp³-hybridized carbons (Fsp3) is 0.789. The second-order valence-electron chi connectivity index (χ2n) is 9.16. The lowest BCUT2D eigenvalue weighted by Gasteiger charge is -2.47. The number of halogens is 1. The highest BCUT2D eigenvalue weighted by atomic mass is 79.9. The van der Waals surface area contributed by atoms with Crippen molar-refractivity contribution in [3.63, 3.8) is 0 Å². The third-order valence-electron chi connectivity index (χ3n) is 5.85. The van der Waals surface area contributed by atoms with Crippen molar-refractivity contribution in [1.82, 2.24) is 5.32 Å². The number of hydrogen-bond acceptors (Lipinski definition) is 5. The van der Waals surface area contributed by atoms with Crippen molar-refractivity contribution >= 4 is 24.2 Å². The molecule has 5 nitrogen and oxygen atoms in total. The normalized spacial score (nSPS) is 21.8. The Labute approximate surface area is 168 Å². The number of methoxy groups -OCH3 is 1. The van der Waals surface area contributed by atoms with Crippen LogP contribution in [0.4, 0.5) is 0 Å². The highest BCUT2D eigenvalue weighted by molar-refractivity contribution is 9.11. The Morgan fingerprint density at radius 2 is 1.81 bits per heavy atom. The monoisotopic (exact) mass is 449 g/mol. The summed E-state index contributed by atoms with van der Waals surface area (Å²) < 4.78 is 13.5. The first-order chi connectivity index (χ1) is 11.7. The van der Waals surface area contributed by atoms with E-state index in [-0.39, 0.29) is 17.6 Å². The lowest BCUT2D eigenvalue weighted by atomic mass is 9.78. The van der Waals surface area contributed by atoms with Gasteiger partial charge in [0.25, 0.3) is 0 Å².